The fourth-order valence-corrected chi connectivity index (χ4v) is 1.68. The molecule has 2 aromatic rings. The lowest BCUT2D eigenvalue weighted by Gasteiger charge is -1.99. The Morgan fingerprint density at radius 1 is 1.33 bits per heavy atom. The minimum atomic E-state index is -0.475. The van der Waals surface area contributed by atoms with Gasteiger partial charge in [0.15, 0.2) is 0 Å². The van der Waals surface area contributed by atoms with E-state index in [1.165, 1.54) is 18.8 Å². The first-order valence-electron chi connectivity index (χ1n) is 6.17. The molecule has 2 rings (SSSR count). The van der Waals surface area contributed by atoms with Crippen LogP contribution in [-0.4, -0.2) is 31.4 Å². The highest BCUT2D eigenvalue weighted by Gasteiger charge is 2.30. The molecule has 0 aliphatic heterocycles. The number of benzene rings is 1. The van der Waals surface area contributed by atoms with E-state index in [1.54, 1.807) is 12.1 Å². The van der Waals surface area contributed by atoms with Gasteiger partial charge in [0, 0.05) is 19.2 Å². The van der Waals surface area contributed by atoms with Crippen molar-refractivity contribution in [1.82, 2.24) is 10.6 Å². The van der Waals surface area contributed by atoms with Gasteiger partial charge in [0.05, 0.1) is 7.11 Å². The first kappa shape index (κ1) is 14.5. The fraction of sp³-hybridized carbons (Fsp3) is 0.231. The van der Waals surface area contributed by atoms with Crippen molar-refractivity contribution < 1.29 is 23.5 Å². The summed E-state index contributed by atoms with van der Waals surface area (Å²) >= 11 is 0. The van der Waals surface area contributed by atoms with Crippen LogP contribution in [0.3, 0.4) is 0 Å². The summed E-state index contributed by atoms with van der Waals surface area (Å²) in [4.78, 5) is 22.9. The van der Waals surface area contributed by atoms with E-state index in [0.717, 1.165) is 0 Å². The predicted molar refractivity (Wildman–Crippen MR) is 71.8 cm³/mol. The highest BCUT2D eigenvalue weighted by molar-refractivity contribution is 5.88. The van der Waals surface area contributed by atoms with Gasteiger partial charge >= 0.3 is 17.9 Å². The third kappa shape index (κ3) is 3.35. The lowest BCUT2D eigenvalue weighted by Crippen LogP contribution is -2.38. The summed E-state index contributed by atoms with van der Waals surface area (Å²) in [6.07, 6.45) is -0.0891. The second kappa shape index (κ2) is 6.51. The van der Waals surface area contributed by atoms with E-state index in [4.69, 9.17) is 4.52 Å². The summed E-state index contributed by atoms with van der Waals surface area (Å²) in [6.45, 7) is 0. The van der Waals surface area contributed by atoms with Gasteiger partial charge in [-0.15, -0.1) is 0 Å². The molecular weight excluding hydrogens is 276 g/mol. The van der Waals surface area contributed by atoms with Crippen LogP contribution in [0.5, 0.6) is 0 Å². The lowest BCUT2D eigenvalue weighted by atomic mass is 10.2. The number of hydrogen-bond donors (Lipinski definition) is 2. The van der Waals surface area contributed by atoms with Crippen molar-refractivity contribution in [2.45, 2.75) is 6.42 Å². The van der Waals surface area contributed by atoms with Gasteiger partial charge in [-0.3, -0.25) is 14.6 Å². The van der Waals surface area contributed by atoms with Gasteiger partial charge in [0.25, 0.3) is 5.69 Å². The SMILES string of the molecule is CNC(=O)Nc1on[n+](-c2ccccc2)c1CC(=O)OC. The predicted octanol–water partition coefficient (Wildman–Crippen LogP) is 0.418. The number of carbonyl (C=O) groups excluding carboxylic acids is 2. The number of rotatable bonds is 4. The van der Waals surface area contributed by atoms with E-state index >= 15 is 0 Å². The van der Waals surface area contributed by atoms with E-state index in [-0.39, 0.29) is 12.3 Å². The molecule has 0 radical (unpaired) electrons. The first-order chi connectivity index (χ1) is 10.2. The largest absolute Gasteiger partial charge is 0.469 e. The molecule has 0 bridgehead atoms. The van der Waals surface area contributed by atoms with Gasteiger partial charge in [0.1, 0.15) is 6.42 Å². The van der Waals surface area contributed by atoms with Crippen molar-refractivity contribution in [2.75, 3.05) is 19.5 Å². The van der Waals surface area contributed by atoms with Crippen LogP contribution in [0.15, 0.2) is 34.9 Å². The monoisotopic (exact) mass is 291 g/mol. The van der Waals surface area contributed by atoms with E-state index in [9.17, 15) is 9.59 Å². The number of anilines is 1. The molecule has 0 spiro atoms. The number of methoxy groups -OCH3 is 1. The topological polar surface area (TPSA) is 97.3 Å². The maximum Gasteiger partial charge on any atom is 0.321 e. The average molecular weight is 291 g/mol. The molecule has 0 atom stereocenters. The second-order valence-electron chi connectivity index (χ2n) is 4.05. The minimum absolute atomic E-state index is 0.0867. The number of nitrogens with one attached hydrogen (secondary N) is 2. The van der Waals surface area contributed by atoms with E-state index < -0.39 is 12.0 Å². The third-order valence-corrected chi connectivity index (χ3v) is 2.73. The van der Waals surface area contributed by atoms with E-state index in [1.807, 2.05) is 18.2 Å². The van der Waals surface area contributed by atoms with Crippen LogP contribution >= 0.6 is 0 Å². The summed E-state index contributed by atoms with van der Waals surface area (Å²) in [5.41, 5.74) is 1.08. The number of aromatic nitrogens is 2. The summed E-state index contributed by atoms with van der Waals surface area (Å²) in [5, 5.41) is 8.72. The molecule has 8 nitrogen and oxygen atoms in total. The number of ether oxygens (including phenoxy) is 1. The molecular formula is C13H15N4O4+. The standard InChI is InChI=1S/C13H14N4O4/c1-14-13(19)15-12-10(8-11(18)20-2)17(16-21-12)9-6-4-3-5-7-9/h3-7H,8H2,1-2H3,(H-,14,15,16,19)/p+1. The normalized spacial score (nSPS) is 10.0. The molecule has 1 heterocycles. The van der Waals surface area contributed by atoms with Gasteiger partial charge in [-0.25, -0.2) is 4.79 Å². The van der Waals surface area contributed by atoms with Gasteiger partial charge in [-0.05, 0) is 4.68 Å². The molecule has 1 aromatic heterocycles. The molecule has 0 aliphatic carbocycles. The lowest BCUT2D eigenvalue weighted by molar-refractivity contribution is -0.676. The van der Waals surface area contributed by atoms with Crippen LogP contribution < -0.4 is 15.3 Å². The Bertz CT molecular complexity index is 639. The Morgan fingerprint density at radius 2 is 2.05 bits per heavy atom. The number of hydrogen-bond acceptors (Lipinski definition) is 5. The first-order valence-corrected chi connectivity index (χ1v) is 6.17. The van der Waals surface area contributed by atoms with Crippen LogP contribution in [0, 0.1) is 0 Å². The maximum atomic E-state index is 11.5. The summed E-state index contributed by atoms with van der Waals surface area (Å²) in [6, 6.07) is 8.63. The Labute approximate surface area is 120 Å². The van der Waals surface area contributed by atoms with Crippen LogP contribution in [0.4, 0.5) is 10.7 Å². The highest BCUT2D eigenvalue weighted by atomic mass is 16.5. The zero-order valence-corrected chi connectivity index (χ0v) is 11.6. The molecule has 1 aromatic carbocycles. The van der Waals surface area contributed by atoms with Crippen molar-refractivity contribution in [3.8, 4) is 5.69 Å². The van der Waals surface area contributed by atoms with Gasteiger partial charge in [0.2, 0.25) is 11.0 Å². The number of nitrogens with zero attached hydrogens (tertiary/aromatic N) is 2. The van der Waals surface area contributed by atoms with E-state index in [2.05, 4.69) is 20.6 Å². The Kier molecular flexibility index (Phi) is 4.50. The number of para-hydroxylation sites is 1. The van der Waals surface area contributed by atoms with Crippen molar-refractivity contribution in [2.24, 2.45) is 0 Å². The molecule has 0 fully saturated rings. The molecule has 2 N–H and O–H groups in total. The van der Waals surface area contributed by atoms with Crippen LogP contribution in [0.1, 0.15) is 5.69 Å². The van der Waals surface area contributed by atoms with Gasteiger partial charge < -0.3 is 10.1 Å². The molecule has 8 heteroatoms. The zero-order chi connectivity index (χ0) is 15.2. The maximum absolute atomic E-state index is 11.5. The third-order valence-electron chi connectivity index (χ3n) is 2.73. The molecule has 0 unspecified atom stereocenters. The molecule has 2 amide bonds. The van der Waals surface area contributed by atoms with Crippen molar-refractivity contribution in [1.29, 1.82) is 0 Å². The molecule has 0 aliphatic rings. The number of carbonyl (C=O) groups is 2. The summed E-state index contributed by atoms with van der Waals surface area (Å²) in [5.74, 6) is -0.383. The van der Waals surface area contributed by atoms with Gasteiger partial charge in [-0.2, -0.15) is 0 Å². The highest BCUT2D eigenvalue weighted by Crippen LogP contribution is 2.14. The summed E-state index contributed by atoms with van der Waals surface area (Å²) in [7, 11) is 2.76. The second-order valence-corrected chi connectivity index (χ2v) is 4.05. The Morgan fingerprint density at radius 3 is 2.67 bits per heavy atom. The van der Waals surface area contributed by atoms with Crippen molar-refractivity contribution in [3.05, 3.63) is 36.0 Å². The van der Waals surface area contributed by atoms with E-state index in [0.29, 0.717) is 11.4 Å². The summed E-state index contributed by atoms with van der Waals surface area (Å²) < 4.78 is 11.2. The van der Waals surface area contributed by atoms with Crippen LogP contribution in [0.25, 0.3) is 5.69 Å². The molecule has 21 heavy (non-hydrogen) atoms. The van der Waals surface area contributed by atoms with Gasteiger partial charge in [-0.1, -0.05) is 18.2 Å². The number of urea groups is 1. The minimum Gasteiger partial charge on any atom is -0.469 e. The van der Waals surface area contributed by atoms with Crippen LogP contribution in [-0.2, 0) is 16.0 Å². The Hall–Kier alpha value is -2.90. The molecule has 0 saturated carbocycles. The fourth-order valence-electron chi connectivity index (χ4n) is 1.68. The van der Waals surface area contributed by atoms with Crippen molar-refractivity contribution >= 4 is 17.9 Å². The Balaban J connectivity index is 2.40. The molecule has 0 saturated heterocycles. The van der Waals surface area contributed by atoms with Crippen molar-refractivity contribution in [3.63, 3.8) is 0 Å². The zero-order valence-electron chi connectivity index (χ0n) is 11.6. The molecule has 110 valence electrons. The number of esters is 1. The smallest absolute Gasteiger partial charge is 0.321 e. The quantitative estimate of drug-likeness (QED) is 0.628. The number of amides is 2. The van der Waals surface area contributed by atoms with Crippen LogP contribution in [0.2, 0.25) is 0 Å². The average Bonchev–Trinajstić information content (AvgIpc) is 2.90.